The van der Waals surface area contributed by atoms with Gasteiger partial charge in [0.25, 0.3) is 5.91 Å². The number of hydrogen-bond donors (Lipinski definition) is 2. The van der Waals surface area contributed by atoms with Gasteiger partial charge in [-0.1, -0.05) is 56.1 Å². The molecule has 1 aromatic heterocycles. The molecule has 1 aromatic carbocycles. The lowest BCUT2D eigenvalue weighted by molar-refractivity contribution is -0.119. The number of carbonyl (C=O) groups is 2. The summed E-state index contributed by atoms with van der Waals surface area (Å²) in [7, 11) is 1.87. The van der Waals surface area contributed by atoms with Gasteiger partial charge in [-0.05, 0) is 37.8 Å². The first-order valence-corrected chi connectivity index (χ1v) is 11.5. The number of aromatic nitrogens is 3. The zero-order valence-corrected chi connectivity index (χ0v) is 19.0. The molecule has 0 saturated heterocycles. The van der Waals surface area contributed by atoms with Gasteiger partial charge >= 0.3 is 0 Å². The number of rotatable bonds is 8. The smallest absolute Gasteiger partial charge is 0.251 e. The van der Waals surface area contributed by atoms with Gasteiger partial charge in [0, 0.05) is 18.7 Å². The predicted octanol–water partition coefficient (Wildman–Crippen LogP) is 3.40. The van der Waals surface area contributed by atoms with Crippen molar-refractivity contribution in [3.05, 3.63) is 41.2 Å². The van der Waals surface area contributed by atoms with Gasteiger partial charge in [-0.2, -0.15) is 0 Å². The van der Waals surface area contributed by atoms with Gasteiger partial charge in [-0.25, -0.2) is 0 Å². The fourth-order valence-corrected chi connectivity index (χ4v) is 4.38. The Labute approximate surface area is 182 Å². The normalized spacial score (nSPS) is 15.4. The number of thioether (sulfide) groups is 1. The summed E-state index contributed by atoms with van der Waals surface area (Å²) >= 11 is 1.37. The number of carbonyl (C=O) groups excluding carboxylic acids is 2. The Kier molecular flexibility index (Phi) is 7.53. The van der Waals surface area contributed by atoms with Crippen LogP contribution in [0.3, 0.4) is 0 Å². The monoisotopic (exact) mass is 429 g/mol. The first-order valence-electron chi connectivity index (χ1n) is 10.5. The zero-order valence-electron chi connectivity index (χ0n) is 18.1. The lowest BCUT2D eigenvalue weighted by Crippen LogP contribution is -2.34. The number of hydrogen-bond acceptors (Lipinski definition) is 5. The molecule has 1 aliphatic rings. The van der Waals surface area contributed by atoms with Gasteiger partial charge in [-0.15, -0.1) is 10.2 Å². The standard InChI is InChI=1S/C22H31N5O2S/c1-14(2)19(24-21(29)16-11-9-15(3)10-12-16)20-25-26-22(27(20)4)30-13-18(28)23-17-7-5-6-8-17/h9-12,14,17,19H,5-8,13H2,1-4H3,(H,23,28)(H,24,29)/t19-/m0/s1. The van der Waals surface area contributed by atoms with Crippen LogP contribution in [0.4, 0.5) is 0 Å². The average molecular weight is 430 g/mol. The van der Waals surface area contributed by atoms with E-state index in [0.29, 0.717) is 28.3 Å². The van der Waals surface area contributed by atoms with E-state index in [4.69, 9.17) is 0 Å². The quantitative estimate of drug-likeness (QED) is 0.628. The van der Waals surface area contributed by atoms with E-state index in [1.165, 1.54) is 24.6 Å². The Bertz CT molecular complexity index is 872. The van der Waals surface area contributed by atoms with Gasteiger partial charge in [0.05, 0.1) is 11.8 Å². The van der Waals surface area contributed by atoms with Crippen LogP contribution in [0.25, 0.3) is 0 Å². The van der Waals surface area contributed by atoms with Crippen LogP contribution in [0, 0.1) is 12.8 Å². The molecule has 1 atom stereocenters. The third kappa shape index (κ3) is 5.62. The van der Waals surface area contributed by atoms with Crippen LogP contribution in [-0.4, -0.2) is 38.4 Å². The molecule has 0 bridgehead atoms. The minimum Gasteiger partial charge on any atom is -0.353 e. The molecule has 3 rings (SSSR count). The molecule has 0 spiro atoms. The number of nitrogens with zero attached hydrogens (tertiary/aromatic N) is 3. The fraction of sp³-hybridized carbons (Fsp3) is 0.545. The highest BCUT2D eigenvalue weighted by Gasteiger charge is 2.25. The third-order valence-electron chi connectivity index (χ3n) is 5.47. The molecule has 30 heavy (non-hydrogen) atoms. The van der Waals surface area contributed by atoms with Crippen LogP contribution in [0.2, 0.25) is 0 Å². The van der Waals surface area contributed by atoms with Crippen molar-refractivity contribution < 1.29 is 9.59 Å². The molecule has 1 fully saturated rings. The van der Waals surface area contributed by atoms with Crippen molar-refractivity contribution in [3.8, 4) is 0 Å². The summed E-state index contributed by atoms with van der Waals surface area (Å²) in [6, 6.07) is 7.53. The molecule has 162 valence electrons. The Hall–Kier alpha value is -2.35. The van der Waals surface area contributed by atoms with Crippen molar-refractivity contribution in [1.29, 1.82) is 0 Å². The average Bonchev–Trinajstić information content (AvgIpc) is 3.34. The Morgan fingerprint density at radius 1 is 1.17 bits per heavy atom. The van der Waals surface area contributed by atoms with E-state index < -0.39 is 0 Å². The summed E-state index contributed by atoms with van der Waals surface area (Å²) in [6.07, 6.45) is 4.52. The molecule has 2 N–H and O–H groups in total. The highest BCUT2D eigenvalue weighted by Crippen LogP contribution is 2.25. The second-order valence-corrected chi connectivity index (χ2v) is 9.24. The molecule has 7 nitrogen and oxygen atoms in total. The van der Waals surface area contributed by atoms with E-state index >= 15 is 0 Å². The second-order valence-electron chi connectivity index (χ2n) is 8.30. The molecule has 2 amide bonds. The lowest BCUT2D eigenvalue weighted by Gasteiger charge is -2.21. The van der Waals surface area contributed by atoms with Crippen LogP contribution in [0.5, 0.6) is 0 Å². The molecule has 0 aliphatic heterocycles. The summed E-state index contributed by atoms with van der Waals surface area (Å²) in [4.78, 5) is 24.9. The fourth-order valence-electron chi connectivity index (χ4n) is 3.65. The summed E-state index contributed by atoms with van der Waals surface area (Å²) in [5.41, 5.74) is 1.73. The maximum absolute atomic E-state index is 12.7. The zero-order chi connectivity index (χ0) is 21.7. The largest absolute Gasteiger partial charge is 0.353 e. The van der Waals surface area contributed by atoms with Crippen molar-refractivity contribution in [1.82, 2.24) is 25.4 Å². The highest BCUT2D eigenvalue weighted by molar-refractivity contribution is 7.99. The first kappa shape index (κ1) is 22.3. The van der Waals surface area contributed by atoms with Crippen LogP contribution in [0.1, 0.15) is 67.3 Å². The number of amides is 2. The highest BCUT2D eigenvalue weighted by atomic mass is 32.2. The minimum atomic E-state index is -0.280. The minimum absolute atomic E-state index is 0.0320. The van der Waals surface area contributed by atoms with Crippen molar-refractivity contribution in [2.45, 2.75) is 63.7 Å². The molecule has 0 unspecified atom stereocenters. The number of nitrogens with one attached hydrogen (secondary N) is 2. The van der Waals surface area contributed by atoms with Crippen molar-refractivity contribution in [3.63, 3.8) is 0 Å². The SMILES string of the molecule is Cc1ccc(C(=O)N[C@H](c2nnc(SCC(=O)NC3CCCC3)n2C)C(C)C)cc1. The molecule has 1 aliphatic carbocycles. The molecule has 0 radical (unpaired) electrons. The van der Waals surface area contributed by atoms with E-state index in [0.717, 1.165) is 18.4 Å². The Balaban J connectivity index is 1.64. The van der Waals surface area contributed by atoms with Crippen LogP contribution in [0.15, 0.2) is 29.4 Å². The molecule has 1 saturated carbocycles. The van der Waals surface area contributed by atoms with E-state index in [9.17, 15) is 9.59 Å². The van der Waals surface area contributed by atoms with Gasteiger partial charge in [0.15, 0.2) is 11.0 Å². The molecular weight excluding hydrogens is 398 g/mol. The van der Waals surface area contributed by atoms with Crippen LogP contribution < -0.4 is 10.6 Å². The lowest BCUT2D eigenvalue weighted by atomic mass is 10.0. The Morgan fingerprint density at radius 2 is 1.83 bits per heavy atom. The van der Waals surface area contributed by atoms with Gasteiger partial charge in [-0.3, -0.25) is 9.59 Å². The molecular formula is C22H31N5O2S. The Morgan fingerprint density at radius 3 is 2.47 bits per heavy atom. The second kappa shape index (κ2) is 10.1. The van der Waals surface area contributed by atoms with Crippen LogP contribution >= 0.6 is 11.8 Å². The molecule has 2 aromatic rings. The third-order valence-corrected chi connectivity index (χ3v) is 6.49. The number of benzene rings is 1. The first-order chi connectivity index (χ1) is 14.3. The van der Waals surface area contributed by atoms with E-state index in [2.05, 4.69) is 20.8 Å². The van der Waals surface area contributed by atoms with Crippen molar-refractivity contribution in [2.75, 3.05) is 5.75 Å². The van der Waals surface area contributed by atoms with Gasteiger partial charge in [0.2, 0.25) is 5.91 Å². The van der Waals surface area contributed by atoms with E-state index in [1.54, 1.807) is 0 Å². The summed E-state index contributed by atoms with van der Waals surface area (Å²) in [5.74, 6) is 1.02. The summed E-state index contributed by atoms with van der Waals surface area (Å²) in [5, 5.41) is 15.4. The van der Waals surface area contributed by atoms with Crippen LogP contribution in [-0.2, 0) is 11.8 Å². The van der Waals surface area contributed by atoms with Crippen molar-refractivity contribution in [2.24, 2.45) is 13.0 Å². The van der Waals surface area contributed by atoms with Gasteiger partial charge in [0.1, 0.15) is 0 Å². The topological polar surface area (TPSA) is 88.9 Å². The van der Waals surface area contributed by atoms with E-state index in [-0.39, 0.29) is 23.8 Å². The molecule has 1 heterocycles. The van der Waals surface area contributed by atoms with Crippen molar-refractivity contribution >= 4 is 23.6 Å². The summed E-state index contributed by atoms with van der Waals surface area (Å²) < 4.78 is 1.87. The summed E-state index contributed by atoms with van der Waals surface area (Å²) in [6.45, 7) is 6.07. The maximum atomic E-state index is 12.7. The van der Waals surface area contributed by atoms with E-state index in [1.807, 2.05) is 56.7 Å². The molecule has 8 heteroatoms. The predicted molar refractivity (Wildman–Crippen MR) is 118 cm³/mol. The van der Waals surface area contributed by atoms with Gasteiger partial charge < -0.3 is 15.2 Å². The maximum Gasteiger partial charge on any atom is 0.251 e. The number of aryl methyl sites for hydroxylation is 1.